The van der Waals surface area contributed by atoms with E-state index in [1.54, 1.807) is 12.4 Å². The molecule has 8 nitrogen and oxygen atoms in total. The maximum Gasteiger partial charge on any atom is 0.257 e. The Morgan fingerprint density at radius 2 is 1.86 bits per heavy atom. The Kier molecular flexibility index (Phi) is 3.94. The third-order valence-electron chi connectivity index (χ3n) is 5.64. The maximum atomic E-state index is 12.6. The van der Waals surface area contributed by atoms with Gasteiger partial charge in [-0.2, -0.15) is 0 Å². The number of hydrogen-bond donors (Lipinski definition) is 0. The summed E-state index contributed by atoms with van der Waals surface area (Å²) in [4.78, 5) is 24.5. The van der Waals surface area contributed by atoms with Crippen LogP contribution in [0.1, 0.15) is 28.7 Å². The van der Waals surface area contributed by atoms with Crippen molar-refractivity contribution in [1.29, 1.82) is 0 Å². The molecule has 28 heavy (non-hydrogen) atoms. The summed E-state index contributed by atoms with van der Waals surface area (Å²) in [5, 5.41) is 8.51. The minimum Gasteiger partial charge on any atom is -0.419 e. The normalized spacial score (nSPS) is 21.0. The summed E-state index contributed by atoms with van der Waals surface area (Å²) < 4.78 is 5.97. The first-order chi connectivity index (χ1) is 13.6. The second-order valence-electron chi connectivity index (χ2n) is 7.73. The molecule has 1 aromatic carbocycles. The molecule has 0 aliphatic carbocycles. The highest BCUT2D eigenvalue weighted by Gasteiger charge is 2.53. The zero-order valence-corrected chi connectivity index (χ0v) is 15.5. The number of rotatable bonds is 3. The molecule has 8 heteroatoms. The SMILES string of the molecule is CN1CC2(CC1c1nnc(-c3ccccc3)o1)CN(C(=O)c1cncnc1)C2. The van der Waals surface area contributed by atoms with Gasteiger partial charge in [0.2, 0.25) is 11.8 Å². The molecular weight excluding hydrogens is 356 g/mol. The predicted molar refractivity (Wildman–Crippen MR) is 100 cm³/mol. The third-order valence-corrected chi connectivity index (χ3v) is 5.64. The van der Waals surface area contributed by atoms with Crippen molar-refractivity contribution >= 4 is 5.91 Å². The molecule has 3 aromatic rings. The lowest BCUT2D eigenvalue weighted by Crippen LogP contribution is -2.59. The summed E-state index contributed by atoms with van der Waals surface area (Å²) in [5.74, 6) is 1.17. The third kappa shape index (κ3) is 2.86. The van der Waals surface area contributed by atoms with Crippen molar-refractivity contribution in [3.63, 3.8) is 0 Å². The van der Waals surface area contributed by atoms with Crippen molar-refractivity contribution in [3.8, 4) is 11.5 Å². The molecule has 1 amide bonds. The number of aromatic nitrogens is 4. The van der Waals surface area contributed by atoms with Gasteiger partial charge in [0.05, 0.1) is 11.6 Å². The molecule has 2 saturated heterocycles. The van der Waals surface area contributed by atoms with Gasteiger partial charge in [0.15, 0.2) is 0 Å². The molecule has 2 fully saturated rings. The summed E-state index contributed by atoms with van der Waals surface area (Å²) in [6.45, 7) is 2.35. The lowest BCUT2D eigenvalue weighted by molar-refractivity contribution is 0.0114. The molecule has 4 heterocycles. The molecule has 0 radical (unpaired) electrons. The average molecular weight is 376 g/mol. The molecule has 142 valence electrons. The quantitative estimate of drug-likeness (QED) is 0.691. The van der Waals surface area contributed by atoms with E-state index in [-0.39, 0.29) is 17.4 Å². The number of benzene rings is 1. The van der Waals surface area contributed by atoms with E-state index in [2.05, 4.69) is 32.1 Å². The van der Waals surface area contributed by atoms with E-state index >= 15 is 0 Å². The Labute approximate surface area is 162 Å². The van der Waals surface area contributed by atoms with Gasteiger partial charge in [-0.05, 0) is 25.6 Å². The summed E-state index contributed by atoms with van der Waals surface area (Å²) in [5.41, 5.74) is 1.53. The van der Waals surface area contributed by atoms with Crippen molar-refractivity contribution in [2.75, 3.05) is 26.7 Å². The van der Waals surface area contributed by atoms with Gasteiger partial charge >= 0.3 is 0 Å². The predicted octanol–water partition coefficient (Wildman–Crippen LogP) is 2.05. The van der Waals surface area contributed by atoms with E-state index < -0.39 is 0 Å². The first-order valence-electron chi connectivity index (χ1n) is 9.27. The molecule has 0 saturated carbocycles. The Bertz CT molecular complexity index is 984. The molecule has 1 atom stereocenters. The van der Waals surface area contributed by atoms with Crippen LogP contribution in [-0.4, -0.2) is 62.6 Å². The molecule has 0 N–H and O–H groups in total. The van der Waals surface area contributed by atoms with Crippen LogP contribution in [0.4, 0.5) is 0 Å². The highest BCUT2D eigenvalue weighted by Crippen LogP contribution is 2.47. The monoisotopic (exact) mass is 376 g/mol. The zero-order valence-electron chi connectivity index (χ0n) is 15.5. The topological polar surface area (TPSA) is 88.3 Å². The molecule has 2 aliphatic heterocycles. The van der Waals surface area contributed by atoms with Gasteiger partial charge < -0.3 is 9.32 Å². The first-order valence-corrected chi connectivity index (χ1v) is 9.27. The lowest BCUT2D eigenvalue weighted by Gasteiger charge is -2.48. The van der Waals surface area contributed by atoms with Gasteiger partial charge in [-0.15, -0.1) is 10.2 Å². The van der Waals surface area contributed by atoms with Crippen LogP contribution in [0.25, 0.3) is 11.5 Å². The fourth-order valence-electron chi connectivity index (χ4n) is 4.34. The second kappa shape index (κ2) is 6.49. The smallest absolute Gasteiger partial charge is 0.257 e. The summed E-state index contributed by atoms with van der Waals surface area (Å²) in [6, 6.07) is 9.85. The Hall–Kier alpha value is -3.13. The van der Waals surface area contributed by atoms with E-state index in [1.807, 2.05) is 35.2 Å². The van der Waals surface area contributed by atoms with Crippen molar-refractivity contribution in [2.45, 2.75) is 12.5 Å². The van der Waals surface area contributed by atoms with Gasteiger partial charge in [0, 0.05) is 43.0 Å². The first kappa shape index (κ1) is 17.0. The minimum absolute atomic E-state index is 0.0125. The number of carbonyl (C=O) groups excluding carboxylic acids is 1. The van der Waals surface area contributed by atoms with E-state index in [9.17, 15) is 4.79 Å². The molecule has 2 aromatic heterocycles. The number of amides is 1. The van der Waals surface area contributed by atoms with Crippen LogP contribution in [0.2, 0.25) is 0 Å². The zero-order chi connectivity index (χ0) is 19.1. The number of carbonyl (C=O) groups is 1. The second-order valence-corrected chi connectivity index (χ2v) is 7.73. The highest BCUT2D eigenvalue weighted by atomic mass is 16.4. The lowest BCUT2D eigenvalue weighted by atomic mass is 9.77. The molecule has 5 rings (SSSR count). The van der Waals surface area contributed by atoms with E-state index in [0.29, 0.717) is 17.3 Å². The Morgan fingerprint density at radius 1 is 1.11 bits per heavy atom. The van der Waals surface area contributed by atoms with Crippen LogP contribution in [0.3, 0.4) is 0 Å². The molecule has 1 unspecified atom stereocenters. The largest absolute Gasteiger partial charge is 0.419 e. The van der Waals surface area contributed by atoms with Crippen LogP contribution in [0.15, 0.2) is 53.5 Å². The molecular formula is C20H20N6O2. The summed E-state index contributed by atoms with van der Waals surface area (Å²) in [6.07, 6.45) is 5.45. The number of likely N-dealkylation sites (tertiary alicyclic amines) is 2. The van der Waals surface area contributed by atoms with Crippen molar-refractivity contribution < 1.29 is 9.21 Å². The average Bonchev–Trinajstić information content (AvgIpc) is 3.32. The van der Waals surface area contributed by atoms with Crippen LogP contribution >= 0.6 is 0 Å². The van der Waals surface area contributed by atoms with Gasteiger partial charge in [-0.3, -0.25) is 9.69 Å². The maximum absolute atomic E-state index is 12.6. The molecule has 2 aliphatic rings. The van der Waals surface area contributed by atoms with Crippen LogP contribution in [-0.2, 0) is 0 Å². The van der Waals surface area contributed by atoms with Crippen LogP contribution in [0.5, 0.6) is 0 Å². The fourth-order valence-corrected chi connectivity index (χ4v) is 4.34. The van der Waals surface area contributed by atoms with Gasteiger partial charge in [0.25, 0.3) is 5.91 Å². The van der Waals surface area contributed by atoms with Crippen molar-refractivity contribution in [3.05, 3.63) is 60.5 Å². The van der Waals surface area contributed by atoms with Crippen molar-refractivity contribution in [2.24, 2.45) is 5.41 Å². The van der Waals surface area contributed by atoms with Crippen LogP contribution < -0.4 is 0 Å². The standard InChI is InChI=1S/C20H20N6O2/c1-25-10-20(11-26(12-20)19(27)15-8-21-13-22-9-15)7-16(25)18-24-23-17(28-18)14-5-3-2-4-6-14/h2-6,8-9,13,16H,7,10-12H2,1H3. The Balaban J connectivity index is 1.28. The highest BCUT2D eigenvalue weighted by molar-refractivity contribution is 5.94. The van der Waals surface area contributed by atoms with E-state index in [0.717, 1.165) is 31.6 Å². The van der Waals surface area contributed by atoms with E-state index in [1.165, 1.54) is 6.33 Å². The van der Waals surface area contributed by atoms with Gasteiger partial charge in [-0.25, -0.2) is 9.97 Å². The number of hydrogen-bond acceptors (Lipinski definition) is 7. The van der Waals surface area contributed by atoms with Crippen LogP contribution in [0, 0.1) is 5.41 Å². The fraction of sp³-hybridized carbons (Fsp3) is 0.350. The Morgan fingerprint density at radius 3 is 2.61 bits per heavy atom. The van der Waals surface area contributed by atoms with Gasteiger partial charge in [0.1, 0.15) is 6.33 Å². The summed E-state index contributed by atoms with van der Waals surface area (Å²) >= 11 is 0. The molecule has 0 bridgehead atoms. The molecule has 1 spiro atoms. The van der Waals surface area contributed by atoms with E-state index in [4.69, 9.17) is 4.42 Å². The van der Waals surface area contributed by atoms with Gasteiger partial charge in [-0.1, -0.05) is 18.2 Å². The minimum atomic E-state index is -0.0125. The van der Waals surface area contributed by atoms with Crippen molar-refractivity contribution in [1.82, 2.24) is 30.0 Å². The summed E-state index contributed by atoms with van der Waals surface area (Å²) in [7, 11) is 2.07. The number of nitrogens with zero attached hydrogens (tertiary/aromatic N) is 6.